The van der Waals surface area contributed by atoms with Crippen LogP contribution < -0.4 is 4.90 Å². The highest BCUT2D eigenvalue weighted by Crippen LogP contribution is 2.32. The molecule has 98 valence electrons. The number of anilines is 1. The summed E-state index contributed by atoms with van der Waals surface area (Å²) in [4.78, 5) is 13.3. The molecule has 0 atom stereocenters. The van der Waals surface area contributed by atoms with Gasteiger partial charge >= 0.3 is 0 Å². The Bertz CT molecular complexity index is 418. The number of halogens is 1. The predicted molar refractivity (Wildman–Crippen MR) is 73.5 cm³/mol. The van der Waals surface area contributed by atoms with Crippen LogP contribution in [0.2, 0.25) is 5.02 Å². The Kier molecular flexibility index (Phi) is 4.61. The molecular weight excluding hydrogens is 250 g/mol. The SMILES string of the molecule is O=Cc1ccc(Cl)cc1N(CCCO)C1CCC1. The van der Waals surface area contributed by atoms with E-state index in [1.54, 1.807) is 12.1 Å². The third kappa shape index (κ3) is 2.85. The van der Waals surface area contributed by atoms with Crippen molar-refractivity contribution in [1.82, 2.24) is 0 Å². The zero-order valence-electron chi connectivity index (χ0n) is 10.3. The monoisotopic (exact) mass is 267 g/mol. The van der Waals surface area contributed by atoms with Gasteiger partial charge in [0, 0.05) is 35.5 Å². The lowest BCUT2D eigenvalue weighted by Gasteiger charge is -2.40. The molecule has 0 heterocycles. The van der Waals surface area contributed by atoms with E-state index in [0.29, 0.717) is 23.0 Å². The van der Waals surface area contributed by atoms with Gasteiger partial charge in [-0.2, -0.15) is 0 Å². The van der Waals surface area contributed by atoms with E-state index in [0.717, 1.165) is 31.4 Å². The van der Waals surface area contributed by atoms with Crippen LogP contribution in [0.4, 0.5) is 5.69 Å². The summed E-state index contributed by atoms with van der Waals surface area (Å²) in [6, 6.07) is 5.82. The van der Waals surface area contributed by atoms with Gasteiger partial charge in [0.15, 0.2) is 6.29 Å². The Morgan fingerprint density at radius 3 is 2.78 bits per heavy atom. The highest BCUT2D eigenvalue weighted by atomic mass is 35.5. The fourth-order valence-corrected chi connectivity index (χ4v) is 2.47. The number of hydrogen-bond donors (Lipinski definition) is 1. The fraction of sp³-hybridized carbons (Fsp3) is 0.500. The average Bonchev–Trinajstić information content (AvgIpc) is 2.32. The van der Waals surface area contributed by atoms with Crippen LogP contribution in [-0.2, 0) is 0 Å². The van der Waals surface area contributed by atoms with Gasteiger partial charge in [0.05, 0.1) is 0 Å². The van der Waals surface area contributed by atoms with Gasteiger partial charge < -0.3 is 10.0 Å². The van der Waals surface area contributed by atoms with Crippen molar-refractivity contribution in [2.45, 2.75) is 31.7 Å². The number of carbonyl (C=O) groups excluding carboxylic acids is 1. The molecule has 4 heteroatoms. The van der Waals surface area contributed by atoms with Gasteiger partial charge in [0.2, 0.25) is 0 Å². The molecule has 0 unspecified atom stereocenters. The van der Waals surface area contributed by atoms with Gasteiger partial charge in [0.1, 0.15) is 0 Å². The van der Waals surface area contributed by atoms with Gasteiger partial charge in [-0.3, -0.25) is 4.79 Å². The van der Waals surface area contributed by atoms with E-state index >= 15 is 0 Å². The Labute approximate surface area is 112 Å². The first kappa shape index (κ1) is 13.4. The topological polar surface area (TPSA) is 40.5 Å². The first-order valence-corrected chi connectivity index (χ1v) is 6.76. The zero-order valence-corrected chi connectivity index (χ0v) is 11.1. The molecule has 1 N–H and O–H groups in total. The highest BCUT2D eigenvalue weighted by Gasteiger charge is 2.26. The Balaban J connectivity index is 2.27. The summed E-state index contributed by atoms with van der Waals surface area (Å²) in [5.41, 5.74) is 1.57. The second-order valence-corrected chi connectivity index (χ2v) is 5.11. The Hall–Kier alpha value is -1.06. The minimum absolute atomic E-state index is 0.167. The van der Waals surface area contributed by atoms with Crippen LogP contribution in [0.1, 0.15) is 36.0 Å². The molecule has 1 aliphatic carbocycles. The number of rotatable bonds is 6. The summed E-state index contributed by atoms with van der Waals surface area (Å²) in [7, 11) is 0. The number of aldehydes is 1. The van der Waals surface area contributed by atoms with Gasteiger partial charge in [-0.1, -0.05) is 11.6 Å². The molecule has 2 rings (SSSR count). The molecule has 0 saturated heterocycles. The molecule has 0 amide bonds. The molecule has 1 aliphatic rings. The molecule has 1 aromatic rings. The zero-order chi connectivity index (χ0) is 13.0. The summed E-state index contributed by atoms with van der Waals surface area (Å²) in [6.45, 7) is 0.933. The molecule has 18 heavy (non-hydrogen) atoms. The number of carbonyl (C=O) groups is 1. The van der Waals surface area contributed by atoms with E-state index in [1.807, 2.05) is 6.07 Å². The number of aliphatic hydroxyl groups is 1. The van der Waals surface area contributed by atoms with Crippen molar-refractivity contribution < 1.29 is 9.90 Å². The quantitative estimate of drug-likeness (QED) is 0.806. The smallest absolute Gasteiger partial charge is 0.152 e. The summed E-state index contributed by atoms with van der Waals surface area (Å²) >= 11 is 6.03. The molecule has 0 spiro atoms. The molecule has 1 fully saturated rings. The first-order chi connectivity index (χ1) is 8.76. The molecule has 0 bridgehead atoms. The highest BCUT2D eigenvalue weighted by molar-refractivity contribution is 6.31. The van der Waals surface area contributed by atoms with E-state index in [4.69, 9.17) is 16.7 Å². The third-order valence-electron chi connectivity index (χ3n) is 3.50. The normalized spacial score (nSPS) is 15.2. The Morgan fingerprint density at radius 2 is 2.22 bits per heavy atom. The maximum absolute atomic E-state index is 11.1. The average molecular weight is 268 g/mol. The maximum atomic E-state index is 11.1. The summed E-state index contributed by atoms with van der Waals surface area (Å²) < 4.78 is 0. The van der Waals surface area contributed by atoms with Crippen molar-refractivity contribution in [3.05, 3.63) is 28.8 Å². The molecule has 0 aliphatic heterocycles. The predicted octanol–water partition coefficient (Wildman–Crippen LogP) is 2.89. The van der Waals surface area contributed by atoms with Crippen LogP contribution in [-0.4, -0.2) is 30.6 Å². The second kappa shape index (κ2) is 6.21. The van der Waals surface area contributed by atoms with Crippen molar-refractivity contribution in [2.24, 2.45) is 0 Å². The van der Waals surface area contributed by atoms with Gasteiger partial charge in [-0.25, -0.2) is 0 Å². The first-order valence-electron chi connectivity index (χ1n) is 6.38. The lowest BCUT2D eigenvalue weighted by molar-refractivity contribution is 0.112. The fourth-order valence-electron chi connectivity index (χ4n) is 2.30. The van der Waals surface area contributed by atoms with Crippen molar-refractivity contribution in [3.8, 4) is 0 Å². The summed E-state index contributed by atoms with van der Waals surface area (Å²) in [5.74, 6) is 0. The number of hydrogen-bond acceptors (Lipinski definition) is 3. The van der Waals surface area contributed by atoms with Crippen LogP contribution in [0.25, 0.3) is 0 Å². The van der Waals surface area contributed by atoms with E-state index in [2.05, 4.69) is 4.90 Å². The van der Waals surface area contributed by atoms with E-state index < -0.39 is 0 Å². The van der Waals surface area contributed by atoms with Gasteiger partial charge in [-0.15, -0.1) is 0 Å². The standard InChI is InChI=1S/C14H18ClNO2/c15-12-6-5-11(10-18)14(9-12)16(7-2-8-17)13-3-1-4-13/h5-6,9-10,13,17H,1-4,7-8H2. The minimum atomic E-state index is 0.167. The van der Waals surface area contributed by atoms with Crippen LogP contribution in [0.5, 0.6) is 0 Å². The summed E-state index contributed by atoms with van der Waals surface area (Å²) in [5, 5.41) is 9.64. The van der Waals surface area contributed by atoms with Crippen molar-refractivity contribution in [3.63, 3.8) is 0 Å². The Morgan fingerprint density at radius 1 is 1.44 bits per heavy atom. The molecule has 3 nitrogen and oxygen atoms in total. The van der Waals surface area contributed by atoms with Crippen LogP contribution >= 0.6 is 11.6 Å². The molecular formula is C14H18ClNO2. The lowest BCUT2D eigenvalue weighted by atomic mass is 9.90. The van der Waals surface area contributed by atoms with Crippen molar-refractivity contribution >= 4 is 23.6 Å². The van der Waals surface area contributed by atoms with E-state index in [9.17, 15) is 4.79 Å². The number of nitrogens with zero attached hydrogens (tertiary/aromatic N) is 1. The van der Waals surface area contributed by atoms with Gasteiger partial charge in [0.25, 0.3) is 0 Å². The minimum Gasteiger partial charge on any atom is -0.396 e. The molecule has 1 aromatic carbocycles. The molecule has 0 aromatic heterocycles. The number of aliphatic hydroxyl groups excluding tert-OH is 1. The van der Waals surface area contributed by atoms with Crippen LogP contribution in [0.15, 0.2) is 18.2 Å². The van der Waals surface area contributed by atoms with Crippen LogP contribution in [0.3, 0.4) is 0 Å². The number of benzene rings is 1. The van der Waals surface area contributed by atoms with Crippen molar-refractivity contribution in [2.75, 3.05) is 18.1 Å². The largest absolute Gasteiger partial charge is 0.396 e. The van der Waals surface area contributed by atoms with E-state index in [-0.39, 0.29) is 6.61 Å². The summed E-state index contributed by atoms with van der Waals surface area (Å²) in [6.07, 6.45) is 5.11. The van der Waals surface area contributed by atoms with Gasteiger partial charge in [-0.05, 0) is 43.9 Å². The van der Waals surface area contributed by atoms with Crippen molar-refractivity contribution in [1.29, 1.82) is 0 Å². The van der Waals surface area contributed by atoms with E-state index in [1.165, 1.54) is 6.42 Å². The van der Waals surface area contributed by atoms with Crippen LogP contribution in [0, 0.1) is 0 Å². The third-order valence-corrected chi connectivity index (χ3v) is 3.74. The molecule has 1 saturated carbocycles. The maximum Gasteiger partial charge on any atom is 0.152 e. The molecule has 0 radical (unpaired) electrons. The second-order valence-electron chi connectivity index (χ2n) is 4.68. The lowest BCUT2D eigenvalue weighted by Crippen LogP contribution is -2.41.